The third-order valence-electron chi connectivity index (χ3n) is 3.54. The Balaban J connectivity index is 2.06. The first-order valence-electron chi connectivity index (χ1n) is 8.44. The minimum Gasteiger partial charge on any atom is -0.504 e. The maximum Gasteiger partial charge on any atom is 0.191 e. The molecule has 0 unspecified atom stereocenters. The van der Waals surface area contributed by atoms with Crippen LogP contribution < -0.4 is 15.4 Å². The predicted octanol–water partition coefficient (Wildman–Crippen LogP) is 3.32. The molecule has 5 nitrogen and oxygen atoms in total. The van der Waals surface area contributed by atoms with Gasteiger partial charge >= 0.3 is 0 Å². The molecule has 26 heavy (non-hydrogen) atoms. The van der Waals surface area contributed by atoms with Gasteiger partial charge < -0.3 is 20.5 Å². The average Bonchev–Trinajstić information content (AvgIpc) is 2.62. The second-order valence-electron chi connectivity index (χ2n) is 5.52. The monoisotopic (exact) mass is 363 g/mol. The molecule has 7 heteroatoms. The van der Waals surface area contributed by atoms with Crippen molar-refractivity contribution < 1.29 is 18.6 Å². The van der Waals surface area contributed by atoms with Crippen molar-refractivity contribution in [3.05, 3.63) is 59.2 Å². The number of phenols is 1. The number of benzene rings is 2. The molecule has 0 aliphatic carbocycles. The van der Waals surface area contributed by atoms with Crippen LogP contribution in [0.4, 0.5) is 8.78 Å². The highest BCUT2D eigenvalue weighted by Crippen LogP contribution is 2.27. The highest BCUT2D eigenvalue weighted by atomic mass is 19.1. The lowest BCUT2D eigenvalue weighted by atomic mass is 10.2. The van der Waals surface area contributed by atoms with Crippen LogP contribution in [0.1, 0.15) is 25.0 Å². The highest BCUT2D eigenvalue weighted by Gasteiger charge is 2.06. The minimum atomic E-state index is -0.488. The van der Waals surface area contributed by atoms with Gasteiger partial charge in [0, 0.05) is 18.7 Å². The van der Waals surface area contributed by atoms with Crippen molar-refractivity contribution in [3.8, 4) is 11.5 Å². The molecule has 0 aliphatic heterocycles. The Hall–Kier alpha value is -2.83. The second kappa shape index (κ2) is 9.60. The number of phenolic OH excluding ortho intramolecular Hbond substituents is 1. The van der Waals surface area contributed by atoms with Gasteiger partial charge in [-0.25, -0.2) is 13.8 Å². The molecule has 2 rings (SSSR count). The topological polar surface area (TPSA) is 65.9 Å². The van der Waals surface area contributed by atoms with Gasteiger partial charge in [-0.05, 0) is 49.7 Å². The van der Waals surface area contributed by atoms with Crippen LogP contribution >= 0.6 is 0 Å². The van der Waals surface area contributed by atoms with Gasteiger partial charge in [-0.2, -0.15) is 0 Å². The van der Waals surface area contributed by atoms with Gasteiger partial charge in [-0.3, -0.25) is 0 Å². The number of halogens is 2. The van der Waals surface area contributed by atoms with Gasteiger partial charge in [0.25, 0.3) is 0 Å². The van der Waals surface area contributed by atoms with Gasteiger partial charge in [0.1, 0.15) is 11.6 Å². The predicted molar refractivity (Wildman–Crippen MR) is 97.3 cm³/mol. The standard InChI is InChI=1S/C19H23F2N3O2/c1-3-22-19(24-12-14-10-15(20)6-7-16(14)21)23-11-13-5-8-17(25)18(9-13)26-4-2/h5-10,25H,3-4,11-12H2,1-2H3,(H2,22,23,24). The minimum absolute atomic E-state index is 0.0752. The molecule has 0 aliphatic rings. The van der Waals surface area contributed by atoms with Gasteiger partial charge in [0.2, 0.25) is 0 Å². The largest absolute Gasteiger partial charge is 0.504 e. The molecule has 0 spiro atoms. The van der Waals surface area contributed by atoms with Crippen molar-refractivity contribution in [2.45, 2.75) is 26.9 Å². The quantitative estimate of drug-likeness (QED) is 0.522. The molecular formula is C19H23F2N3O2. The van der Waals surface area contributed by atoms with E-state index in [-0.39, 0.29) is 17.9 Å². The van der Waals surface area contributed by atoms with Crippen molar-refractivity contribution in [1.82, 2.24) is 10.6 Å². The number of nitrogens with zero attached hydrogens (tertiary/aromatic N) is 1. The molecule has 0 radical (unpaired) electrons. The molecule has 0 atom stereocenters. The van der Waals surface area contributed by atoms with E-state index in [0.717, 1.165) is 23.8 Å². The van der Waals surface area contributed by atoms with Crippen LogP contribution in [0.2, 0.25) is 0 Å². The molecule has 140 valence electrons. The maximum atomic E-state index is 13.7. The van der Waals surface area contributed by atoms with Crippen molar-refractivity contribution in [1.29, 1.82) is 0 Å². The summed E-state index contributed by atoms with van der Waals surface area (Å²) in [6.45, 7) is 5.26. The number of rotatable bonds is 7. The molecule has 0 amide bonds. The Kier molecular flexibility index (Phi) is 7.20. The summed E-state index contributed by atoms with van der Waals surface area (Å²) in [7, 11) is 0. The molecule has 2 aromatic carbocycles. The fourth-order valence-electron chi connectivity index (χ4n) is 2.30. The van der Waals surface area contributed by atoms with Crippen LogP contribution in [0.5, 0.6) is 11.5 Å². The van der Waals surface area contributed by atoms with E-state index in [1.807, 2.05) is 13.8 Å². The fourth-order valence-corrected chi connectivity index (χ4v) is 2.30. The lowest BCUT2D eigenvalue weighted by Crippen LogP contribution is -2.37. The van der Waals surface area contributed by atoms with E-state index in [2.05, 4.69) is 15.6 Å². The number of aromatic hydroxyl groups is 1. The number of hydrogen-bond acceptors (Lipinski definition) is 3. The van der Waals surface area contributed by atoms with Crippen LogP contribution in [-0.2, 0) is 13.1 Å². The Morgan fingerprint density at radius 3 is 2.65 bits per heavy atom. The molecule has 0 fully saturated rings. The number of ether oxygens (including phenoxy) is 1. The van der Waals surface area contributed by atoms with Gasteiger partial charge in [0.15, 0.2) is 17.5 Å². The molecule has 0 saturated heterocycles. The molecule has 0 heterocycles. The zero-order valence-corrected chi connectivity index (χ0v) is 14.9. The maximum absolute atomic E-state index is 13.7. The summed E-state index contributed by atoms with van der Waals surface area (Å²) in [6, 6.07) is 8.36. The Morgan fingerprint density at radius 2 is 1.92 bits per heavy atom. The summed E-state index contributed by atoms with van der Waals surface area (Å²) in [5.74, 6) is -0.0132. The zero-order chi connectivity index (χ0) is 18.9. The van der Waals surface area contributed by atoms with Crippen molar-refractivity contribution in [3.63, 3.8) is 0 Å². The second-order valence-corrected chi connectivity index (χ2v) is 5.52. The third kappa shape index (κ3) is 5.61. The molecule has 3 N–H and O–H groups in total. The Morgan fingerprint density at radius 1 is 1.12 bits per heavy atom. The molecule has 0 bridgehead atoms. The summed E-state index contributed by atoms with van der Waals surface area (Å²) in [4.78, 5) is 4.42. The first-order valence-corrected chi connectivity index (χ1v) is 8.44. The van der Waals surface area contributed by atoms with E-state index in [9.17, 15) is 13.9 Å². The zero-order valence-electron chi connectivity index (χ0n) is 14.9. The van der Waals surface area contributed by atoms with Gasteiger partial charge in [-0.1, -0.05) is 6.07 Å². The van der Waals surface area contributed by atoms with Crippen LogP contribution in [0.15, 0.2) is 41.4 Å². The van der Waals surface area contributed by atoms with Crippen molar-refractivity contribution >= 4 is 5.96 Å². The number of nitrogens with one attached hydrogen (secondary N) is 2. The number of aliphatic imine (C=N–C) groups is 1. The van der Waals surface area contributed by atoms with Crippen LogP contribution in [0.3, 0.4) is 0 Å². The van der Waals surface area contributed by atoms with E-state index in [0.29, 0.717) is 31.4 Å². The Labute approximate surface area is 151 Å². The average molecular weight is 363 g/mol. The molecule has 2 aromatic rings. The summed E-state index contributed by atoms with van der Waals surface area (Å²) in [5.41, 5.74) is 1.07. The van der Waals surface area contributed by atoms with Crippen molar-refractivity contribution in [2.75, 3.05) is 13.2 Å². The van der Waals surface area contributed by atoms with E-state index in [1.165, 1.54) is 0 Å². The van der Waals surface area contributed by atoms with Gasteiger partial charge in [-0.15, -0.1) is 0 Å². The SMILES string of the molecule is CCNC(=NCc1ccc(O)c(OCC)c1)NCc1cc(F)ccc1F. The van der Waals surface area contributed by atoms with Gasteiger partial charge in [0.05, 0.1) is 13.2 Å². The summed E-state index contributed by atoms with van der Waals surface area (Å²) in [5, 5.41) is 15.8. The lowest BCUT2D eigenvalue weighted by Gasteiger charge is -2.12. The number of guanidine groups is 1. The normalized spacial score (nSPS) is 11.3. The molecular weight excluding hydrogens is 340 g/mol. The lowest BCUT2D eigenvalue weighted by molar-refractivity contribution is 0.318. The van der Waals surface area contributed by atoms with E-state index in [1.54, 1.807) is 18.2 Å². The number of hydrogen-bond donors (Lipinski definition) is 3. The van der Waals surface area contributed by atoms with Crippen LogP contribution in [-0.4, -0.2) is 24.2 Å². The van der Waals surface area contributed by atoms with E-state index < -0.39 is 11.6 Å². The molecule has 0 saturated carbocycles. The van der Waals surface area contributed by atoms with E-state index >= 15 is 0 Å². The first-order chi connectivity index (χ1) is 12.5. The Bertz CT molecular complexity index is 766. The van der Waals surface area contributed by atoms with E-state index in [4.69, 9.17) is 4.74 Å². The summed E-state index contributed by atoms with van der Waals surface area (Å²) in [6.07, 6.45) is 0. The molecule has 0 aromatic heterocycles. The third-order valence-corrected chi connectivity index (χ3v) is 3.54. The fraction of sp³-hybridized carbons (Fsp3) is 0.316. The van der Waals surface area contributed by atoms with Crippen LogP contribution in [0, 0.1) is 11.6 Å². The van der Waals surface area contributed by atoms with Crippen LogP contribution in [0.25, 0.3) is 0 Å². The highest BCUT2D eigenvalue weighted by molar-refractivity contribution is 5.79. The smallest absolute Gasteiger partial charge is 0.191 e. The summed E-state index contributed by atoms with van der Waals surface area (Å²) < 4.78 is 32.3. The van der Waals surface area contributed by atoms with Crippen molar-refractivity contribution in [2.24, 2.45) is 4.99 Å². The summed E-state index contributed by atoms with van der Waals surface area (Å²) >= 11 is 0. The first kappa shape index (κ1) is 19.5.